The number of ketones is 1. The first-order chi connectivity index (χ1) is 10.9. The molecule has 0 N–H and O–H groups in total. The van der Waals surface area contributed by atoms with E-state index in [0.717, 1.165) is 17.7 Å². The molecule has 0 saturated heterocycles. The van der Waals surface area contributed by atoms with Crippen LogP contribution in [0, 0.1) is 6.92 Å². The van der Waals surface area contributed by atoms with Crippen LogP contribution >= 0.6 is 0 Å². The lowest BCUT2D eigenvalue weighted by Crippen LogP contribution is -2.25. The average Bonchev–Trinajstić information content (AvgIpc) is 2.53. The summed E-state index contributed by atoms with van der Waals surface area (Å²) in [6.45, 7) is 3.97. The standard InChI is InChI=1S/C19H22N2O2/c1-14-8-10-16(11-9-14)12-21(13-22)19-17(15(2)23)6-5-7-18(19)20(3)4/h5-11,13H,12H2,1-4H3. The number of amides is 1. The first-order valence-electron chi connectivity index (χ1n) is 7.52. The maximum absolute atomic E-state index is 12.0. The van der Waals surface area contributed by atoms with Gasteiger partial charge in [-0.05, 0) is 31.5 Å². The van der Waals surface area contributed by atoms with Gasteiger partial charge in [0, 0.05) is 19.7 Å². The van der Waals surface area contributed by atoms with Gasteiger partial charge in [0.05, 0.1) is 17.9 Å². The molecular formula is C19H22N2O2. The van der Waals surface area contributed by atoms with Crippen molar-refractivity contribution in [3.63, 3.8) is 0 Å². The number of benzene rings is 2. The highest BCUT2D eigenvalue weighted by Crippen LogP contribution is 2.32. The summed E-state index contributed by atoms with van der Waals surface area (Å²) in [5.41, 5.74) is 4.24. The Morgan fingerprint density at radius 2 is 1.74 bits per heavy atom. The fourth-order valence-electron chi connectivity index (χ4n) is 2.54. The minimum Gasteiger partial charge on any atom is -0.376 e. The Labute approximate surface area is 137 Å². The van der Waals surface area contributed by atoms with Crippen LogP contribution < -0.4 is 9.80 Å². The summed E-state index contributed by atoms with van der Waals surface area (Å²) >= 11 is 0. The van der Waals surface area contributed by atoms with Crippen molar-refractivity contribution in [2.24, 2.45) is 0 Å². The van der Waals surface area contributed by atoms with Gasteiger partial charge in [-0.15, -0.1) is 0 Å². The Morgan fingerprint density at radius 3 is 2.26 bits per heavy atom. The number of para-hydroxylation sites is 1. The molecule has 0 aliphatic carbocycles. The smallest absolute Gasteiger partial charge is 0.214 e. The number of rotatable bonds is 6. The monoisotopic (exact) mass is 310 g/mol. The minimum atomic E-state index is -0.0561. The van der Waals surface area contributed by atoms with Gasteiger partial charge in [-0.25, -0.2) is 0 Å². The molecule has 120 valence electrons. The molecule has 0 radical (unpaired) electrons. The number of nitrogens with zero attached hydrogens (tertiary/aromatic N) is 2. The third kappa shape index (κ3) is 3.77. The maximum atomic E-state index is 12.0. The minimum absolute atomic E-state index is 0.0561. The quantitative estimate of drug-likeness (QED) is 0.606. The van der Waals surface area contributed by atoms with E-state index in [1.165, 1.54) is 12.5 Å². The predicted molar refractivity (Wildman–Crippen MR) is 94.2 cm³/mol. The molecule has 0 unspecified atom stereocenters. The van der Waals surface area contributed by atoms with E-state index in [1.807, 2.05) is 62.3 Å². The molecule has 0 spiro atoms. The molecule has 2 aromatic carbocycles. The molecule has 4 heteroatoms. The van der Waals surface area contributed by atoms with Gasteiger partial charge in [0.2, 0.25) is 6.41 Å². The molecule has 0 atom stereocenters. The normalized spacial score (nSPS) is 10.3. The molecule has 0 bridgehead atoms. The Morgan fingerprint density at radius 1 is 1.09 bits per heavy atom. The van der Waals surface area contributed by atoms with Crippen LogP contribution in [0.4, 0.5) is 11.4 Å². The van der Waals surface area contributed by atoms with E-state index in [1.54, 1.807) is 11.0 Å². The largest absolute Gasteiger partial charge is 0.376 e. The van der Waals surface area contributed by atoms with E-state index < -0.39 is 0 Å². The first kappa shape index (κ1) is 16.7. The van der Waals surface area contributed by atoms with Crippen molar-refractivity contribution in [2.45, 2.75) is 20.4 Å². The molecule has 0 aliphatic rings. The number of hydrogen-bond acceptors (Lipinski definition) is 3. The Balaban J connectivity index is 2.49. The zero-order valence-corrected chi connectivity index (χ0v) is 14.0. The summed E-state index contributed by atoms with van der Waals surface area (Å²) in [5, 5.41) is 0. The Hall–Kier alpha value is -2.62. The van der Waals surface area contributed by atoms with Crippen LogP contribution in [0.15, 0.2) is 42.5 Å². The summed E-state index contributed by atoms with van der Waals surface area (Å²) in [6.07, 6.45) is 0.786. The fraction of sp³-hybridized carbons (Fsp3) is 0.263. The van der Waals surface area contributed by atoms with E-state index in [0.29, 0.717) is 17.8 Å². The van der Waals surface area contributed by atoms with Crippen molar-refractivity contribution in [2.75, 3.05) is 23.9 Å². The third-order valence-corrected chi connectivity index (χ3v) is 3.76. The highest BCUT2D eigenvalue weighted by Gasteiger charge is 2.19. The number of carbonyl (C=O) groups excluding carboxylic acids is 2. The lowest BCUT2D eigenvalue weighted by molar-refractivity contribution is -0.107. The molecule has 0 aromatic heterocycles. The topological polar surface area (TPSA) is 40.6 Å². The van der Waals surface area contributed by atoms with Crippen LogP contribution in [0.25, 0.3) is 0 Å². The summed E-state index contributed by atoms with van der Waals surface area (Å²) in [5.74, 6) is -0.0561. The van der Waals surface area contributed by atoms with Crippen LogP contribution in [0.2, 0.25) is 0 Å². The Kier molecular flexibility index (Phi) is 5.16. The zero-order chi connectivity index (χ0) is 17.0. The van der Waals surface area contributed by atoms with Crippen molar-refractivity contribution >= 4 is 23.6 Å². The van der Waals surface area contributed by atoms with Gasteiger partial charge in [0.1, 0.15) is 0 Å². The van der Waals surface area contributed by atoms with Gasteiger partial charge in [-0.2, -0.15) is 0 Å². The molecule has 0 heterocycles. The summed E-state index contributed by atoms with van der Waals surface area (Å²) in [6, 6.07) is 13.5. The predicted octanol–water partition coefficient (Wildman–Crippen LogP) is 3.43. The number of anilines is 2. The number of hydrogen-bond donors (Lipinski definition) is 0. The molecule has 2 rings (SSSR count). The molecule has 4 nitrogen and oxygen atoms in total. The molecule has 23 heavy (non-hydrogen) atoms. The van der Waals surface area contributed by atoms with E-state index in [9.17, 15) is 9.59 Å². The maximum Gasteiger partial charge on any atom is 0.214 e. The van der Waals surface area contributed by atoms with Crippen molar-refractivity contribution in [3.8, 4) is 0 Å². The molecule has 2 aromatic rings. The van der Waals surface area contributed by atoms with Gasteiger partial charge in [-0.1, -0.05) is 35.9 Å². The fourth-order valence-corrected chi connectivity index (χ4v) is 2.54. The summed E-state index contributed by atoms with van der Waals surface area (Å²) in [7, 11) is 3.80. The first-order valence-corrected chi connectivity index (χ1v) is 7.52. The van der Waals surface area contributed by atoms with Gasteiger partial charge in [-0.3, -0.25) is 9.59 Å². The lowest BCUT2D eigenvalue weighted by Gasteiger charge is -2.26. The average molecular weight is 310 g/mol. The van der Waals surface area contributed by atoms with Crippen molar-refractivity contribution in [1.29, 1.82) is 0 Å². The molecule has 0 fully saturated rings. The van der Waals surface area contributed by atoms with Crippen LogP contribution in [-0.2, 0) is 11.3 Å². The highest BCUT2D eigenvalue weighted by molar-refractivity contribution is 6.05. The summed E-state index contributed by atoms with van der Waals surface area (Å²) in [4.78, 5) is 27.2. The summed E-state index contributed by atoms with van der Waals surface area (Å²) < 4.78 is 0. The second kappa shape index (κ2) is 7.09. The van der Waals surface area contributed by atoms with Crippen molar-refractivity contribution < 1.29 is 9.59 Å². The van der Waals surface area contributed by atoms with Gasteiger partial charge >= 0.3 is 0 Å². The van der Waals surface area contributed by atoms with E-state index in [-0.39, 0.29) is 5.78 Å². The SMILES string of the molecule is CC(=O)c1cccc(N(C)C)c1N(C=O)Cc1ccc(C)cc1. The second-order valence-electron chi connectivity index (χ2n) is 5.84. The van der Waals surface area contributed by atoms with Crippen LogP contribution in [0.5, 0.6) is 0 Å². The van der Waals surface area contributed by atoms with Crippen LogP contribution in [0.1, 0.15) is 28.4 Å². The third-order valence-electron chi connectivity index (χ3n) is 3.76. The lowest BCUT2D eigenvalue weighted by atomic mass is 10.1. The van der Waals surface area contributed by atoms with Gasteiger partial charge in [0.25, 0.3) is 0 Å². The number of Topliss-reactive ketones (excluding diaryl/α,β-unsaturated/α-hetero) is 1. The molecule has 1 amide bonds. The van der Waals surface area contributed by atoms with Gasteiger partial charge in [0.15, 0.2) is 5.78 Å². The number of aryl methyl sites for hydroxylation is 1. The van der Waals surface area contributed by atoms with Crippen molar-refractivity contribution in [3.05, 3.63) is 59.2 Å². The van der Waals surface area contributed by atoms with E-state index >= 15 is 0 Å². The zero-order valence-electron chi connectivity index (χ0n) is 14.0. The second-order valence-corrected chi connectivity index (χ2v) is 5.84. The van der Waals surface area contributed by atoms with Crippen molar-refractivity contribution in [1.82, 2.24) is 0 Å². The van der Waals surface area contributed by atoms with E-state index in [4.69, 9.17) is 0 Å². The van der Waals surface area contributed by atoms with Gasteiger partial charge < -0.3 is 9.80 Å². The van der Waals surface area contributed by atoms with E-state index in [2.05, 4.69) is 0 Å². The molecule has 0 aliphatic heterocycles. The highest BCUT2D eigenvalue weighted by atomic mass is 16.1. The van der Waals surface area contributed by atoms with Crippen LogP contribution in [-0.4, -0.2) is 26.3 Å². The number of carbonyl (C=O) groups is 2. The van der Waals surface area contributed by atoms with Crippen LogP contribution in [0.3, 0.4) is 0 Å². The molecule has 0 saturated carbocycles. The molecular weight excluding hydrogens is 288 g/mol. The Bertz CT molecular complexity index is 706.